The third-order valence-corrected chi connectivity index (χ3v) is 3.12. The Morgan fingerprint density at radius 2 is 2.19 bits per heavy atom. The van der Waals surface area contributed by atoms with E-state index in [1.54, 1.807) is 17.6 Å². The van der Waals surface area contributed by atoms with E-state index in [0.717, 1.165) is 22.3 Å². The van der Waals surface area contributed by atoms with Gasteiger partial charge in [0.15, 0.2) is 0 Å². The molecule has 0 aliphatic heterocycles. The number of hydrogen-bond acceptors (Lipinski definition) is 5. The second-order valence-corrected chi connectivity index (χ2v) is 4.68. The maximum Gasteiger partial charge on any atom is 0.203 e. The van der Waals surface area contributed by atoms with E-state index in [1.165, 1.54) is 4.88 Å². The number of anilines is 1. The number of aryl methyl sites for hydroxylation is 3. The average Bonchev–Trinajstić information content (AvgIpc) is 2.75. The van der Waals surface area contributed by atoms with E-state index in [0.29, 0.717) is 0 Å². The first kappa shape index (κ1) is 10.9. The minimum absolute atomic E-state index is 0.731. The van der Waals surface area contributed by atoms with Crippen LogP contribution in [-0.4, -0.2) is 11.2 Å². The number of nitrogens with zero attached hydrogens (tertiary/aromatic N) is 2. The van der Waals surface area contributed by atoms with Gasteiger partial charge in [0.25, 0.3) is 0 Å². The van der Waals surface area contributed by atoms with Crippen molar-refractivity contribution < 1.29 is 4.42 Å². The van der Waals surface area contributed by atoms with Crippen molar-refractivity contribution >= 4 is 22.7 Å². The zero-order valence-corrected chi connectivity index (χ0v) is 10.3. The molecule has 0 aliphatic carbocycles. The van der Waals surface area contributed by atoms with Gasteiger partial charge in [0.2, 0.25) is 5.13 Å². The summed E-state index contributed by atoms with van der Waals surface area (Å²) in [6, 6.07) is 3.78. The SMILES string of the molecule is Cc1ccc(/C=N/Nc2nc(C)c(C)s2)o1. The van der Waals surface area contributed by atoms with Gasteiger partial charge in [-0.3, -0.25) is 5.43 Å². The van der Waals surface area contributed by atoms with Crippen LogP contribution in [0.3, 0.4) is 0 Å². The Morgan fingerprint density at radius 3 is 2.75 bits per heavy atom. The lowest BCUT2D eigenvalue weighted by Gasteiger charge is -1.90. The van der Waals surface area contributed by atoms with Crippen molar-refractivity contribution in [1.82, 2.24) is 4.98 Å². The second kappa shape index (κ2) is 4.49. The van der Waals surface area contributed by atoms with Crippen LogP contribution >= 0.6 is 11.3 Å². The molecular weight excluding hydrogens is 222 g/mol. The van der Waals surface area contributed by atoms with Crippen LogP contribution in [0.5, 0.6) is 0 Å². The van der Waals surface area contributed by atoms with Crippen molar-refractivity contribution in [1.29, 1.82) is 0 Å². The summed E-state index contributed by atoms with van der Waals surface area (Å²) < 4.78 is 5.34. The normalized spacial score (nSPS) is 11.2. The molecule has 0 aromatic carbocycles. The Kier molecular flexibility index (Phi) is 3.05. The van der Waals surface area contributed by atoms with Crippen molar-refractivity contribution in [3.63, 3.8) is 0 Å². The summed E-state index contributed by atoms with van der Waals surface area (Å²) in [6.07, 6.45) is 1.64. The maximum absolute atomic E-state index is 5.34. The highest BCUT2D eigenvalue weighted by molar-refractivity contribution is 7.15. The Morgan fingerprint density at radius 1 is 1.38 bits per heavy atom. The van der Waals surface area contributed by atoms with Gasteiger partial charge in [-0.1, -0.05) is 0 Å². The van der Waals surface area contributed by atoms with Gasteiger partial charge in [0, 0.05) is 4.88 Å². The molecule has 0 aliphatic rings. The van der Waals surface area contributed by atoms with E-state index >= 15 is 0 Å². The maximum atomic E-state index is 5.34. The lowest BCUT2D eigenvalue weighted by Crippen LogP contribution is -1.88. The number of rotatable bonds is 3. The molecule has 0 radical (unpaired) electrons. The van der Waals surface area contributed by atoms with E-state index in [2.05, 4.69) is 15.5 Å². The molecule has 0 fully saturated rings. The van der Waals surface area contributed by atoms with E-state index in [-0.39, 0.29) is 0 Å². The highest BCUT2D eigenvalue weighted by Gasteiger charge is 2.01. The van der Waals surface area contributed by atoms with Gasteiger partial charge >= 0.3 is 0 Å². The molecule has 1 N–H and O–H groups in total. The Bertz CT molecular complexity index is 494. The molecule has 0 atom stereocenters. The summed E-state index contributed by atoms with van der Waals surface area (Å²) in [7, 11) is 0. The van der Waals surface area contributed by atoms with Crippen LogP contribution in [0, 0.1) is 20.8 Å². The molecule has 0 spiro atoms. The molecule has 0 saturated carbocycles. The predicted molar refractivity (Wildman–Crippen MR) is 66.2 cm³/mol. The first-order valence-corrected chi connectivity index (χ1v) is 5.76. The number of furan rings is 1. The summed E-state index contributed by atoms with van der Waals surface area (Å²) in [6.45, 7) is 5.92. The Labute approximate surface area is 98.0 Å². The molecule has 0 unspecified atom stereocenters. The van der Waals surface area contributed by atoms with Gasteiger partial charge in [0.1, 0.15) is 11.5 Å². The highest BCUT2D eigenvalue weighted by Crippen LogP contribution is 2.20. The summed E-state index contributed by atoms with van der Waals surface area (Å²) in [4.78, 5) is 5.51. The van der Waals surface area contributed by atoms with Gasteiger partial charge in [-0.2, -0.15) is 5.10 Å². The number of thiazole rings is 1. The molecule has 84 valence electrons. The molecule has 0 saturated heterocycles. The standard InChI is InChI=1S/C11H13N3OS/c1-7-4-5-10(15-7)6-12-14-11-13-8(2)9(3)16-11/h4-6H,1-3H3,(H,13,14)/b12-6+. The largest absolute Gasteiger partial charge is 0.460 e. The van der Waals surface area contributed by atoms with Crippen molar-refractivity contribution in [2.75, 3.05) is 5.43 Å². The third kappa shape index (κ3) is 2.49. The van der Waals surface area contributed by atoms with Gasteiger partial charge in [-0.05, 0) is 32.9 Å². The lowest BCUT2D eigenvalue weighted by molar-refractivity contribution is 0.528. The molecular formula is C11H13N3OS. The van der Waals surface area contributed by atoms with Crippen molar-refractivity contribution in [2.24, 2.45) is 5.10 Å². The van der Waals surface area contributed by atoms with Gasteiger partial charge in [-0.15, -0.1) is 11.3 Å². The molecule has 0 bridgehead atoms. The van der Waals surface area contributed by atoms with E-state index < -0.39 is 0 Å². The molecule has 2 aromatic rings. The average molecular weight is 235 g/mol. The van der Waals surface area contributed by atoms with Crippen LogP contribution < -0.4 is 5.43 Å². The minimum atomic E-state index is 0.731. The van der Waals surface area contributed by atoms with E-state index in [9.17, 15) is 0 Å². The first-order chi connectivity index (χ1) is 7.65. The quantitative estimate of drug-likeness (QED) is 0.657. The van der Waals surface area contributed by atoms with Crippen LogP contribution in [0.1, 0.15) is 22.1 Å². The fraction of sp³-hybridized carbons (Fsp3) is 0.273. The smallest absolute Gasteiger partial charge is 0.203 e. The molecule has 2 heterocycles. The van der Waals surface area contributed by atoms with Crippen molar-refractivity contribution in [3.05, 3.63) is 34.2 Å². The van der Waals surface area contributed by atoms with Crippen LogP contribution in [0.4, 0.5) is 5.13 Å². The van der Waals surface area contributed by atoms with E-state index in [4.69, 9.17) is 4.42 Å². The number of aromatic nitrogens is 1. The van der Waals surface area contributed by atoms with Crippen molar-refractivity contribution in [3.8, 4) is 0 Å². The Hall–Kier alpha value is -1.62. The predicted octanol–water partition coefficient (Wildman–Crippen LogP) is 3.11. The zero-order valence-electron chi connectivity index (χ0n) is 9.44. The molecule has 5 heteroatoms. The number of hydrogen-bond donors (Lipinski definition) is 1. The summed E-state index contributed by atoms with van der Waals surface area (Å²) >= 11 is 1.59. The molecule has 16 heavy (non-hydrogen) atoms. The summed E-state index contributed by atoms with van der Waals surface area (Å²) in [5.74, 6) is 1.61. The second-order valence-electron chi connectivity index (χ2n) is 3.48. The fourth-order valence-electron chi connectivity index (χ4n) is 1.19. The third-order valence-electron chi connectivity index (χ3n) is 2.14. The van der Waals surface area contributed by atoms with Crippen molar-refractivity contribution in [2.45, 2.75) is 20.8 Å². The molecule has 0 amide bonds. The lowest BCUT2D eigenvalue weighted by atomic mass is 10.4. The monoisotopic (exact) mass is 235 g/mol. The molecule has 2 aromatic heterocycles. The van der Waals surface area contributed by atoms with Crippen LogP contribution in [-0.2, 0) is 0 Å². The summed E-state index contributed by atoms with van der Waals surface area (Å²) in [5.41, 5.74) is 3.92. The highest BCUT2D eigenvalue weighted by atomic mass is 32.1. The van der Waals surface area contributed by atoms with Crippen LogP contribution in [0.2, 0.25) is 0 Å². The topological polar surface area (TPSA) is 50.4 Å². The summed E-state index contributed by atoms with van der Waals surface area (Å²) in [5, 5.41) is 4.86. The minimum Gasteiger partial charge on any atom is -0.460 e. The van der Waals surface area contributed by atoms with Crippen LogP contribution in [0.15, 0.2) is 21.7 Å². The zero-order chi connectivity index (χ0) is 11.5. The van der Waals surface area contributed by atoms with E-state index in [1.807, 2.05) is 32.9 Å². The van der Waals surface area contributed by atoms with Gasteiger partial charge in [0.05, 0.1) is 11.9 Å². The first-order valence-electron chi connectivity index (χ1n) is 4.94. The number of nitrogens with one attached hydrogen (secondary N) is 1. The fourth-order valence-corrected chi connectivity index (χ4v) is 1.96. The Balaban J connectivity index is 1.99. The number of hydrazone groups is 1. The van der Waals surface area contributed by atoms with Gasteiger partial charge < -0.3 is 4.42 Å². The molecule has 4 nitrogen and oxygen atoms in total. The van der Waals surface area contributed by atoms with Crippen LogP contribution in [0.25, 0.3) is 0 Å². The van der Waals surface area contributed by atoms with Gasteiger partial charge in [-0.25, -0.2) is 4.98 Å². The molecule has 2 rings (SSSR count).